The molecule has 1 atom stereocenters. The van der Waals surface area contributed by atoms with Crippen LogP contribution in [0, 0.1) is 16.0 Å². The number of rotatable bonds is 4. The topological polar surface area (TPSA) is 110 Å². The van der Waals surface area contributed by atoms with Crippen LogP contribution in [-0.2, 0) is 0 Å². The Balaban J connectivity index is 2.02. The van der Waals surface area contributed by atoms with E-state index in [1.807, 2.05) is 0 Å². The van der Waals surface area contributed by atoms with E-state index in [4.69, 9.17) is 5.73 Å². The number of anilines is 2. The minimum atomic E-state index is -0.505. The standard InChI is InChI=1S/C11H18N6O2/c1-16-4-2-3-8(7-16)5-13-10-9(17(18)19)6-14-11(12)15-10/h6,8H,2-5,7H2,1H3,(H3,12,13,14,15). The Labute approximate surface area is 111 Å². The Kier molecular flexibility index (Phi) is 4.10. The highest BCUT2D eigenvalue weighted by Gasteiger charge is 2.20. The predicted octanol–water partition coefficient (Wildman–Crippen LogP) is 0.721. The van der Waals surface area contributed by atoms with E-state index >= 15 is 0 Å². The number of piperidine rings is 1. The van der Waals surface area contributed by atoms with Crippen LogP contribution in [0.5, 0.6) is 0 Å². The lowest BCUT2D eigenvalue weighted by Gasteiger charge is -2.29. The molecule has 8 heteroatoms. The first-order valence-electron chi connectivity index (χ1n) is 6.25. The van der Waals surface area contributed by atoms with Crippen molar-refractivity contribution in [1.29, 1.82) is 0 Å². The van der Waals surface area contributed by atoms with Gasteiger partial charge in [0.05, 0.1) is 4.92 Å². The molecule has 0 aromatic carbocycles. The lowest BCUT2D eigenvalue weighted by atomic mass is 9.98. The number of nitrogens with zero attached hydrogens (tertiary/aromatic N) is 4. The van der Waals surface area contributed by atoms with E-state index in [0.29, 0.717) is 12.5 Å². The highest BCUT2D eigenvalue weighted by atomic mass is 16.6. The Morgan fingerprint density at radius 2 is 2.47 bits per heavy atom. The molecule has 104 valence electrons. The summed E-state index contributed by atoms with van der Waals surface area (Å²) in [4.78, 5) is 20.2. The van der Waals surface area contributed by atoms with Gasteiger partial charge in [-0.3, -0.25) is 10.1 Å². The number of nitrogen functional groups attached to an aromatic ring is 1. The molecule has 0 spiro atoms. The zero-order valence-electron chi connectivity index (χ0n) is 10.9. The fourth-order valence-electron chi connectivity index (χ4n) is 2.33. The first-order chi connectivity index (χ1) is 9.06. The molecule has 0 amide bonds. The van der Waals surface area contributed by atoms with Crippen LogP contribution in [0.25, 0.3) is 0 Å². The molecule has 1 saturated heterocycles. The lowest BCUT2D eigenvalue weighted by Crippen LogP contribution is -2.35. The van der Waals surface area contributed by atoms with E-state index in [-0.39, 0.29) is 17.5 Å². The summed E-state index contributed by atoms with van der Waals surface area (Å²) in [6, 6.07) is 0. The normalized spacial score (nSPS) is 20.2. The highest BCUT2D eigenvalue weighted by Crippen LogP contribution is 2.22. The molecule has 0 radical (unpaired) electrons. The minimum Gasteiger partial charge on any atom is -0.368 e. The smallest absolute Gasteiger partial charge is 0.329 e. The second kappa shape index (κ2) is 5.79. The van der Waals surface area contributed by atoms with Crippen molar-refractivity contribution >= 4 is 17.5 Å². The summed E-state index contributed by atoms with van der Waals surface area (Å²) in [5, 5.41) is 13.9. The predicted molar refractivity (Wildman–Crippen MR) is 71.8 cm³/mol. The van der Waals surface area contributed by atoms with Gasteiger partial charge in [-0.2, -0.15) is 4.98 Å². The number of nitrogens with two attached hydrogens (primary N) is 1. The minimum absolute atomic E-state index is 0.0360. The molecule has 0 saturated carbocycles. The molecule has 1 aliphatic heterocycles. The van der Waals surface area contributed by atoms with E-state index in [1.165, 1.54) is 0 Å². The highest BCUT2D eigenvalue weighted by molar-refractivity contribution is 5.56. The zero-order valence-corrected chi connectivity index (χ0v) is 10.9. The number of aromatic nitrogens is 2. The van der Waals surface area contributed by atoms with Crippen molar-refractivity contribution in [2.24, 2.45) is 5.92 Å². The van der Waals surface area contributed by atoms with E-state index in [9.17, 15) is 10.1 Å². The molecule has 19 heavy (non-hydrogen) atoms. The van der Waals surface area contributed by atoms with Crippen LogP contribution in [0.15, 0.2) is 6.20 Å². The number of nitrogens with one attached hydrogen (secondary N) is 1. The summed E-state index contributed by atoms with van der Waals surface area (Å²) in [7, 11) is 2.08. The van der Waals surface area contributed by atoms with Gasteiger partial charge in [-0.15, -0.1) is 0 Å². The molecule has 8 nitrogen and oxygen atoms in total. The summed E-state index contributed by atoms with van der Waals surface area (Å²) < 4.78 is 0. The maximum absolute atomic E-state index is 10.9. The van der Waals surface area contributed by atoms with Gasteiger partial charge in [-0.05, 0) is 32.4 Å². The van der Waals surface area contributed by atoms with Crippen LogP contribution in [0.3, 0.4) is 0 Å². The van der Waals surface area contributed by atoms with Gasteiger partial charge in [0.1, 0.15) is 6.20 Å². The average Bonchev–Trinajstić information content (AvgIpc) is 2.36. The van der Waals surface area contributed by atoms with Crippen LogP contribution in [0.2, 0.25) is 0 Å². The summed E-state index contributed by atoms with van der Waals surface area (Å²) in [6.45, 7) is 2.75. The van der Waals surface area contributed by atoms with Gasteiger partial charge in [0, 0.05) is 13.1 Å². The molecular formula is C11H18N6O2. The van der Waals surface area contributed by atoms with Gasteiger partial charge in [0.15, 0.2) is 0 Å². The number of likely N-dealkylation sites (tertiary alicyclic amines) is 1. The molecule has 0 aliphatic carbocycles. The van der Waals surface area contributed by atoms with E-state index in [0.717, 1.165) is 32.1 Å². The monoisotopic (exact) mass is 266 g/mol. The molecule has 1 fully saturated rings. The van der Waals surface area contributed by atoms with Crippen molar-refractivity contribution in [3.8, 4) is 0 Å². The van der Waals surface area contributed by atoms with Crippen molar-refractivity contribution < 1.29 is 4.92 Å². The molecule has 0 bridgehead atoms. The molecule has 1 aliphatic rings. The lowest BCUT2D eigenvalue weighted by molar-refractivity contribution is -0.384. The van der Waals surface area contributed by atoms with Crippen molar-refractivity contribution in [1.82, 2.24) is 14.9 Å². The SMILES string of the molecule is CN1CCCC(CNc2nc(N)ncc2[N+](=O)[O-])C1. The Morgan fingerprint density at radius 3 is 3.16 bits per heavy atom. The summed E-state index contributed by atoms with van der Waals surface area (Å²) >= 11 is 0. The zero-order chi connectivity index (χ0) is 13.8. The quantitative estimate of drug-likeness (QED) is 0.610. The van der Waals surface area contributed by atoms with Gasteiger partial charge in [0.25, 0.3) is 0 Å². The second-order valence-corrected chi connectivity index (χ2v) is 4.87. The van der Waals surface area contributed by atoms with E-state index in [2.05, 4.69) is 27.2 Å². The van der Waals surface area contributed by atoms with Crippen molar-refractivity contribution in [3.05, 3.63) is 16.3 Å². The van der Waals surface area contributed by atoms with Crippen LogP contribution in [0.1, 0.15) is 12.8 Å². The van der Waals surface area contributed by atoms with Crippen LogP contribution in [-0.4, -0.2) is 46.5 Å². The van der Waals surface area contributed by atoms with Gasteiger partial charge < -0.3 is 16.0 Å². The second-order valence-electron chi connectivity index (χ2n) is 4.87. The first-order valence-corrected chi connectivity index (χ1v) is 6.25. The first kappa shape index (κ1) is 13.5. The fraction of sp³-hybridized carbons (Fsp3) is 0.636. The van der Waals surface area contributed by atoms with Crippen LogP contribution >= 0.6 is 0 Å². The Bertz CT molecular complexity index is 466. The molecule has 1 aromatic rings. The molecule has 3 N–H and O–H groups in total. The maximum atomic E-state index is 10.9. The summed E-state index contributed by atoms with van der Waals surface area (Å²) in [6.07, 6.45) is 3.40. The fourth-order valence-corrected chi connectivity index (χ4v) is 2.33. The van der Waals surface area contributed by atoms with E-state index < -0.39 is 4.92 Å². The third kappa shape index (κ3) is 3.50. The Morgan fingerprint density at radius 1 is 1.68 bits per heavy atom. The molecule has 1 unspecified atom stereocenters. The van der Waals surface area contributed by atoms with Gasteiger partial charge in [0.2, 0.25) is 11.8 Å². The molecular weight excluding hydrogens is 248 g/mol. The van der Waals surface area contributed by atoms with Gasteiger partial charge >= 0.3 is 5.69 Å². The van der Waals surface area contributed by atoms with E-state index in [1.54, 1.807) is 0 Å². The van der Waals surface area contributed by atoms with Crippen molar-refractivity contribution in [2.75, 3.05) is 37.7 Å². The van der Waals surface area contributed by atoms with Crippen molar-refractivity contribution in [2.45, 2.75) is 12.8 Å². The summed E-state index contributed by atoms with van der Waals surface area (Å²) in [5.74, 6) is 0.703. The molecule has 1 aromatic heterocycles. The van der Waals surface area contributed by atoms with Gasteiger partial charge in [-0.25, -0.2) is 4.98 Å². The van der Waals surface area contributed by atoms with Crippen molar-refractivity contribution in [3.63, 3.8) is 0 Å². The third-order valence-corrected chi connectivity index (χ3v) is 3.27. The summed E-state index contributed by atoms with van der Waals surface area (Å²) in [5.41, 5.74) is 5.32. The number of hydrogen-bond acceptors (Lipinski definition) is 7. The number of hydrogen-bond donors (Lipinski definition) is 2. The van der Waals surface area contributed by atoms with Crippen LogP contribution in [0.4, 0.5) is 17.5 Å². The molecule has 2 heterocycles. The largest absolute Gasteiger partial charge is 0.368 e. The maximum Gasteiger partial charge on any atom is 0.329 e. The average molecular weight is 266 g/mol. The van der Waals surface area contributed by atoms with Gasteiger partial charge in [-0.1, -0.05) is 0 Å². The third-order valence-electron chi connectivity index (χ3n) is 3.27. The van der Waals surface area contributed by atoms with Crippen LogP contribution < -0.4 is 11.1 Å². The molecule has 2 rings (SSSR count). The Hall–Kier alpha value is -1.96. The number of nitro groups is 1.